The maximum Gasteiger partial charge on any atom is 0.252 e. The predicted molar refractivity (Wildman–Crippen MR) is 164 cm³/mol. The van der Waals surface area contributed by atoms with Crippen LogP contribution in [0.2, 0.25) is 0 Å². The second kappa shape index (κ2) is 12.8. The molecule has 0 spiro atoms. The van der Waals surface area contributed by atoms with Gasteiger partial charge >= 0.3 is 0 Å². The topological polar surface area (TPSA) is 73.2 Å². The third kappa shape index (κ3) is 6.21. The second-order valence-corrected chi connectivity index (χ2v) is 11.1. The summed E-state index contributed by atoms with van der Waals surface area (Å²) >= 11 is 0. The van der Waals surface area contributed by atoms with Crippen LogP contribution in [0.1, 0.15) is 77.5 Å². The van der Waals surface area contributed by atoms with Crippen LogP contribution in [0, 0.1) is 19.7 Å². The molecule has 2 aromatic heterocycles. The fourth-order valence-electron chi connectivity index (χ4n) is 5.83. The first-order valence-electron chi connectivity index (χ1n) is 14.7. The molecule has 0 unspecified atom stereocenters. The number of rotatable bonds is 10. The third-order valence-electron chi connectivity index (χ3n) is 8.18. The van der Waals surface area contributed by atoms with Gasteiger partial charge in [-0.25, -0.2) is 4.39 Å². The van der Waals surface area contributed by atoms with Gasteiger partial charge in [-0.2, -0.15) is 0 Å². The number of hydrogen-bond acceptors (Lipinski definition) is 4. The number of ketones is 1. The van der Waals surface area contributed by atoms with Crippen LogP contribution in [0.4, 0.5) is 4.39 Å². The van der Waals surface area contributed by atoms with Gasteiger partial charge in [0.25, 0.3) is 5.91 Å². The van der Waals surface area contributed by atoms with Gasteiger partial charge in [-0.1, -0.05) is 67.3 Å². The van der Waals surface area contributed by atoms with E-state index in [4.69, 9.17) is 4.74 Å². The Morgan fingerprint density at radius 1 is 1.05 bits per heavy atom. The fourth-order valence-corrected chi connectivity index (χ4v) is 5.83. The summed E-state index contributed by atoms with van der Waals surface area (Å²) in [4.78, 5) is 30.8. The Morgan fingerprint density at radius 3 is 2.50 bits per heavy atom. The van der Waals surface area contributed by atoms with Gasteiger partial charge in [0.2, 0.25) is 0 Å². The summed E-state index contributed by atoms with van der Waals surface area (Å²) in [6.45, 7) is 7.18. The van der Waals surface area contributed by atoms with Crippen LogP contribution in [0.15, 0.2) is 66.9 Å². The average Bonchev–Trinajstić information content (AvgIpc) is 3.27. The largest absolute Gasteiger partial charge is 0.359 e. The van der Waals surface area contributed by atoms with Crippen molar-refractivity contribution >= 4 is 28.7 Å². The molecule has 1 fully saturated rings. The number of nitrogens with zero attached hydrogens (tertiary/aromatic N) is 2. The molecular formula is C35H38FN3O3. The monoisotopic (exact) mass is 567 g/mol. The molecule has 4 aromatic rings. The van der Waals surface area contributed by atoms with E-state index in [0.29, 0.717) is 29.6 Å². The lowest BCUT2D eigenvalue weighted by atomic mass is 9.83. The van der Waals surface area contributed by atoms with Crippen LogP contribution in [0.5, 0.6) is 0 Å². The van der Waals surface area contributed by atoms with E-state index in [-0.39, 0.29) is 24.1 Å². The Morgan fingerprint density at radius 2 is 1.81 bits per heavy atom. The van der Waals surface area contributed by atoms with E-state index in [0.717, 1.165) is 60.1 Å². The van der Waals surface area contributed by atoms with Gasteiger partial charge in [0, 0.05) is 41.4 Å². The standard InChI is InChI=1S/C35H38FN3O3/c1-4-37-34(41)35(18-6-5-7-19-35)42-23-29-16-12-26(22-38-29)9-8-20-39-25(3)32(30-21-28(36)15-17-31(30)39)33(40)27-13-10-24(2)11-14-27/h8-17,21-22H,4-7,18-20,23H2,1-3H3,(H,37,41)/b9-8+. The van der Waals surface area contributed by atoms with Crippen molar-refractivity contribution in [1.29, 1.82) is 0 Å². The Labute approximate surface area is 246 Å². The first-order chi connectivity index (χ1) is 20.3. The fraction of sp³-hybridized carbons (Fsp3) is 0.343. The van der Waals surface area contributed by atoms with Gasteiger partial charge in [-0.15, -0.1) is 0 Å². The number of carbonyl (C=O) groups excluding carboxylic acids is 2. The minimum absolute atomic E-state index is 0.0245. The van der Waals surface area contributed by atoms with Gasteiger partial charge in [-0.05, 0) is 63.4 Å². The molecule has 1 N–H and O–H groups in total. The minimum Gasteiger partial charge on any atom is -0.359 e. The van der Waals surface area contributed by atoms with Gasteiger partial charge in [0.05, 0.1) is 17.9 Å². The van der Waals surface area contributed by atoms with Crippen molar-refractivity contribution in [2.75, 3.05) is 6.54 Å². The number of halogens is 1. The quantitative estimate of drug-likeness (QED) is 0.208. The molecule has 2 aromatic carbocycles. The van der Waals surface area contributed by atoms with E-state index in [9.17, 15) is 14.0 Å². The first kappa shape index (κ1) is 29.4. The summed E-state index contributed by atoms with van der Waals surface area (Å²) in [6, 6.07) is 15.9. The van der Waals surface area contributed by atoms with Gasteiger partial charge in [0.1, 0.15) is 11.4 Å². The van der Waals surface area contributed by atoms with Gasteiger partial charge in [0.15, 0.2) is 5.78 Å². The van der Waals surface area contributed by atoms with E-state index in [1.807, 2.05) is 73.9 Å². The molecule has 6 nitrogen and oxygen atoms in total. The molecule has 1 aliphatic rings. The highest BCUT2D eigenvalue weighted by Crippen LogP contribution is 2.33. The van der Waals surface area contributed by atoms with Crippen LogP contribution in [-0.2, 0) is 22.7 Å². The third-order valence-corrected chi connectivity index (χ3v) is 8.18. The van der Waals surface area contributed by atoms with Gasteiger partial charge in [-0.3, -0.25) is 14.6 Å². The lowest BCUT2D eigenvalue weighted by molar-refractivity contribution is -0.154. The van der Waals surface area contributed by atoms with Crippen molar-refractivity contribution in [2.24, 2.45) is 0 Å². The van der Waals surface area contributed by atoms with Crippen LogP contribution >= 0.6 is 0 Å². The highest BCUT2D eigenvalue weighted by atomic mass is 19.1. The molecule has 1 saturated carbocycles. The lowest BCUT2D eigenvalue weighted by Crippen LogP contribution is -2.50. The first-order valence-corrected chi connectivity index (χ1v) is 14.7. The van der Waals surface area contributed by atoms with Crippen LogP contribution in [0.3, 0.4) is 0 Å². The lowest BCUT2D eigenvalue weighted by Gasteiger charge is -2.35. The Balaban J connectivity index is 1.30. The van der Waals surface area contributed by atoms with E-state index in [1.165, 1.54) is 12.1 Å². The van der Waals surface area contributed by atoms with E-state index in [2.05, 4.69) is 10.3 Å². The summed E-state index contributed by atoms with van der Waals surface area (Å²) in [5.74, 6) is -0.512. The maximum absolute atomic E-state index is 14.3. The highest BCUT2D eigenvalue weighted by Gasteiger charge is 2.40. The Bertz CT molecular complexity index is 1600. The highest BCUT2D eigenvalue weighted by molar-refractivity contribution is 6.17. The smallest absolute Gasteiger partial charge is 0.252 e. The molecule has 1 aliphatic carbocycles. The summed E-state index contributed by atoms with van der Waals surface area (Å²) in [6.07, 6.45) is 10.3. The zero-order valence-corrected chi connectivity index (χ0v) is 24.6. The number of nitrogens with one attached hydrogen (secondary N) is 1. The average molecular weight is 568 g/mol. The molecule has 0 atom stereocenters. The molecule has 0 radical (unpaired) electrons. The number of aromatic nitrogens is 2. The maximum atomic E-state index is 14.3. The van der Waals surface area contributed by atoms with Gasteiger partial charge < -0.3 is 14.6 Å². The molecule has 7 heteroatoms. The molecular weight excluding hydrogens is 529 g/mol. The number of ether oxygens (including phenoxy) is 1. The molecule has 2 heterocycles. The van der Waals surface area contributed by atoms with E-state index >= 15 is 0 Å². The zero-order chi connectivity index (χ0) is 29.7. The molecule has 0 saturated heterocycles. The molecule has 1 amide bonds. The normalized spacial score (nSPS) is 14.9. The number of amides is 1. The molecule has 5 rings (SSSR count). The number of likely N-dealkylation sites (N-methyl/N-ethyl adjacent to an activating group) is 1. The second-order valence-electron chi connectivity index (χ2n) is 11.1. The zero-order valence-electron chi connectivity index (χ0n) is 24.6. The SMILES string of the molecule is CCNC(=O)C1(OCc2ccc(/C=C/Cn3c(C)c(C(=O)c4ccc(C)cc4)c4cc(F)ccc43)cn2)CCCCC1. The van der Waals surface area contributed by atoms with Crippen LogP contribution in [0.25, 0.3) is 17.0 Å². The van der Waals surface area contributed by atoms with Crippen LogP contribution < -0.4 is 5.32 Å². The minimum atomic E-state index is -0.769. The Hall–Kier alpha value is -4.10. The summed E-state index contributed by atoms with van der Waals surface area (Å²) in [7, 11) is 0. The van der Waals surface area contributed by atoms with E-state index < -0.39 is 5.60 Å². The number of benzene rings is 2. The Kier molecular flexibility index (Phi) is 8.97. The van der Waals surface area contributed by atoms with Crippen molar-refractivity contribution in [3.8, 4) is 0 Å². The van der Waals surface area contributed by atoms with E-state index in [1.54, 1.807) is 12.3 Å². The van der Waals surface area contributed by atoms with Crippen molar-refractivity contribution in [3.63, 3.8) is 0 Å². The number of fused-ring (bicyclic) bond motifs is 1. The number of allylic oxidation sites excluding steroid dienone is 1. The van der Waals surface area contributed by atoms with Crippen molar-refractivity contribution in [1.82, 2.24) is 14.9 Å². The molecule has 42 heavy (non-hydrogen) atoms. The summed E-state index contributed by atoms with van der Waals surface area (Å²) < 4.78 is 22.5. The number of carbonyl (C=O) groups is 2. The molecule has 218 valence electrons. The van der Waals surface area contributed by atoms with Crippen molar-refractivity contribution in [2.45, 2.75) is 71.6 Å². The molecule has 0 aliphatic heterocycles. The van der Waals surface area contributed by atoms with Crippen LogP contribution in [-0.4, -0.2) is 33.4 Å². The summed E-state index contributed by atoms with van der Waals surface area (Å²) in [5, 5.41) is 3.55. The number of hydrogen-bond donors (Lipinski definition) is 1. The predicted octanol–water partition coefficient (Wildman–Crippen LogP) is 7.09. The summed E-state index contributed by atoms with van der Waals surface area (Å²) in [5.41, 5.74) is 4.71. The molecule has 0 bridgehead atoms. The van der Waals surface area contributed by atoms with Crippen molar-refractivity contribution < 1.29 is 18.7 Å². The number of aryl methyl sites for hydroxylation is 1. The van der Waals surface area contributed by atoms with Crippen molar-refractivity contribution in [3.05, 3.63) is 106 Å². The number of pyridine rings is 1.